The van der Waals surface area contributed by atoms with Crippen molar-refractivity contribution in [3.05, 3.63) is 134 Å². The molecule has 0 amide bonds. The first-order chi connectivity index (χ1) is 20.3. The number of hydrogen-bond donors (Lipinski definition) is 0. The third kappa shape index (κ3) is 3.38. The van der Waals surface area contributed by atoms with Gasteiger partial charge in [-0.25, -0.2) is 4.98 Å². The molecule has 0 unspecified atom stereocenters. The predicted molar refractivity (Wildman–Crippen MR) is 166 cm³/mol. The topological polar surface area (TPSA) is 43.6 Å². The van der Waals surface area contributed by atoms with Gasteiger partial charge in [-0.2, -0.15) is 0 Å². The number of imidazole rings is 1. The van der Waals surface area contributed by atoms with Crippen LogP contribution in [-0.4, -0.2) is 9.38 Å². The van der Waals surface area contributed by atoms with E-state index in [0.29, 0.717) is 0 Å². The summed E-state index contributed by atoms with van der Waals surface area (Å²) in [5.74, 6) is 0. The van der Waals surface area contributed by atoms with Gasteiger partial charge in [0.05, 0.1) is 11.4 Å². The molecule has 0 aliphatic carbocycles. The maximum atomic E-state index is 6.28. The van der Waals surface area contributed by atoms with Crippen molar-refractivity contribution in [3.63, 3.8) is 0 Å². The number of hydrogen-bond acceptors (Lipinski definition) is 3. The molecule has 0 saturated heterocycles. The first-order valence-electron chi connectivity index (χ1n) is 13.7. The quantitative estimate of drug-likeness (QED) is 0.230. The summed E-state index contributed by atoms with van der Waals surface area (Å²) in [5.41, 5.74) is 11.0. The summed E-state index contributed by atoms with van der Waals surface area (Å²) in [6.45, 7) is 0. The van der Waals surface area contributed by atoms with E-state index in [4.69, 9.17) is 13.8 Å². The lowest BCUT2D eigenvalue weighted by molar-refractivity contribution is 0.664. The largest absolute Gasteiger partial charge is 0.456 e. The molecule has 0 atom stereocenters. The molecule has 4 heteroatoms. The van der Waals surface area contributed by atoms with Crippen molar-refractivity contribution in [3.8, 4) is 33.6 Å². The monoisotopic (exact) mass is 526 g/mol. The van der Waals surface area contributed by atoms with Gasteiger partial charge < -0.3 is 8.83 Å². The molecule has 192 valence electrons. The Labute approximate surface area is 234 Å². The fraction of sp³-hybridized carbons (Fsp3) is 0. The maximum Gasteiger partial charge on any atom is 0.137 e. The van der Waals surface area contributed by atoms with Crippen molar-refractivity contribution >= 4 is 49.5 Å². The second-order valence-electron chi connectivity index (χ2n) is 10.4. The van der Waals surface area contributed by atoms with Gasteiger partial charge in [-0.1, -0.05) is 84.9 Å². The Hall–Kier alpha value is -5.61. The van der Waals surface area contributed by atoms with Crippen molar-refractivity contribution < 1.29 is 8.83 Å². The minimum absolute atomic E-state index is 0.867. The van der Waals surface area contributed by atoms with Gasteiger partial charge in [-0.15, -0.1) is 0 Å². The van der Waals surface area contributed by atoms with Crippen LogP contribution in [0.3, 0.4) is 0 Å². The van der Waals surface area contributed by atoms with Crippen LogP contribution in [0.25, 0.3) is 83.2 Å². The molecule has 0 aliphatic heterocycles. The molecule has 0 radical (unpaired) electrons. The van der Waals surface area contributed by atoms with Crippen molar-refractivity contribution in [2.45, 2.75) is 0 Å². The first kappa shape index (κ1) is 22.2. The molecule has 9 rings (SSSR count). The van der Waals surface area contributed by atoms with Crippen LogP contribution >= 0.6 is 0 Å². The van der Waals surface area contributed by atoms with E-state index in [-0.39, 0.29) is 0 Å². The molecule has 0 bridgehead atoms. The Morgan fingerprint density at radius 2 is 1.07 bits per heavy atom. The second kappa shape index (κ2) is 8.44. The minimum atomic E-state index is 0.867. The number of fused-ring (bicyclic) bond motifs is 7. The molecule has 0 fully saturated rings. The lowest BCUT2D eigenvalue weighted by Crippen LogP contribution is -1.89. The normalized spacial score (nSPS) is 11.9. The summed E-state index contributed by atoms with van der Waals surface area (Å²) in [7, 11) is 0. The number of nitrogens with zero attached hydrogens (tertiary/aromatic N) is 2. The van der Waals surface area contributed by atoms with Crippen molar-refractivity contribution in [2.24, 2.45) is 0 Å². The third-order valence-corrected chi connectivity index (χ3v) is 8.04. The summed E-state index contributed by atoms with van der Waals surface area (Å²) in [6.07, 6.45) is 2.08. The van der Waals surface area contributed by atoms with Gasteiger partial charge in [0.1, 0.15) is 28.0 Å². The predicted octanol–water partition coefficient (Wildman–Crippen LogP) is 10.1. The molecule has 5 aromatic carbocycles. The van der Waals surface area contributed by atoms with Crippen LogP contribution in [0.2, 0.25) is 0 Å². The molecule has 0 aliphatic rings. The molecular weight excluding hydrogens is 504 g/mol. The molecule has 4 aromatic heterocycles. The molecule has 9 aromatic rings. The van der Waals surface area contributed by atoms with Crippen LogP contribution < -0.4 is 0 Å². The standard InChI is InChI=1S/C37H22N2O2/c1-2-8-25(9-3-1)37-36(38-35-12-6-7-19-39(35)37)24-15-13-23(14-16-24)26-17-18-32-28(20-26)30-22-33-29(21-34(30)41-32)27-10-4-5-11-31(27)40-33/h1-22H. The number of para-hydroxylation sites is 1. The highest BCUT2D eigenvalue weighted by molar-refractivity contribution is 6.15. The van der Waals surface area contributed by atoms with Crippen LogP contribution in [-0.2, 0) is 0 Å². The van der Waals surface area contributed by atoms with Gasteiger partial charge in [0.2, 0.25) is 0 Å². The zero-order chi connectivity index (χ0) is 26.9. The molecule has 41 heavy (non-hydrogen) atoms. The van der Waals surface area contributed by atoms with Crippen LogP contribution in [0.15, 0.2) is 142 Å². The second-order valence-corrected chi connectivity index (χ2v) is 10.4. The Bertz CT molecular complexity index is 2410. The van der Waals surface area contributed by atoms with Gasteiger partial charge in [0.15, 0.2) is 0 Å². The maximum absolute atomic E-state index is 6.28. The zero-order valence-corrected chi connectivity index (χ0v) is 21.9. The zero-order valence-electron chi connectivity index (χ0n) is 21.9. The van der Waals surface area contributed by atoms with E-state index in [2.05, 4.69) is 95.5 Å². The number of rotatable bonds is 3. The van der Waals surface area contributed by atoms with E-state index in [9.17, 15) is 0 Å². The third-order valence-electron chi connectivity index (χ3n) is 8.04. The van der Waals surface area contributed by atoms with Crippen molar-refractivity contribution in [1.82, 2.24) is 9.38 Å². The summed E-state index contributed by atoms with van der Waals surface area (Å²) >= 11 is 0. The van der Waals surface area contributed by atoms with Crippen molar-refractivity contribution in [1.29, 1.82) is 0 Å². The van der Waals surface area contributed by atoms with Gasteiger partial charge in [0.25, 0.3) is 0 Å². The number of pyridine rings is 1. The SMILES string of the molecule is c1ccc(-c2c(-c3ccc(-c4ccc5oc6cc7c(cc6c5c4)oc4ccccc47)cc3)nc3ccccn23)cc1. The molecular formula is C37H22N2O2. The molecule has 0 saturated carbocycles. The Kier molecular flexibility index (Phi) is 4.58. The Morgan fingerprint density at radius 3 is 1.90 bits per heavy atom. The van der Waals surface area contributed by atoms with E-state index in [1.54, 1.807) is 0 Å². The van der Waals surface area contributed by atoms with Gasteiger partial charge in [-0.05, 0) is 53.6 Å². The van der Waals surface area contributed by atoms with E-state index in [1.165, 1.54) is 0 Å². The summed E-state index contributed by atoms with van der Waals surface area (Å²) < 4.78 is 14.6. The highest BCUT2D eigenvalue weighted by Crippen LogP contribution is 2.39. The van der Waals surface area contributed by atoms with E-state index in [1.807, 2.05) is 42.5 Å². The Morgan fingerprint density at radius 1 is 0.439 bits per heavy atom. The number of benzene rings is 5. The van der Waals surface area contributed by atoms with Gasteiger partial charge >= 0.3 is 0 Å². The number of aromatic nitrogens is 2. The van der Waals surface area contributed by atoms with Crippen LogP contribution in [0, 0.1) is 0 Å². The summed E-state index contributed by atoms with van der Waals surface area (Å²) in [4.78, 5) is 5.01. The molecule has 0 N–H and O–H groups in total. The summed E-state index contributed by atoms with van der Waals surface area (Å²) in [6, 6.07) is 44.0. The average molecular weight is 527 g/mol. The highest BCUT2D eigenvalue weighted by atomic mass is 16.3. The molecule has 0 spiro atoms. The van der Waals surface area contributed by atoms with Crippen LogP contribution in [0.4, 0.5) is 0 Å². The molecule has 4 heterocycles. The van der Waals surface area contributed by atoms with Gasteiger partial charge in [-0.3, -0.25) is 4.40 Å². The van der Waals surface area contributed by atoms with Crippen molar-refractivity contribution in [2.75, 3.05) is 0 Å². The van der Waals surface area contributed by atoms with E-state index in [0.717, 1.165) is 83.2 Å². The van der Waals surface area contributed by atoms with Crippen LogP contribution in [0.5, 0.6) is 0 Å². The fourth-order valence-electron chi connectivity index (χ4n) is 6.06. The average Bonchev–Trinajstić information content (AvgIpc) is 3.71. The van der Waals surface area contributed by atoms with E-state index < -0.39 is 0 Å². The minimum Gasteiger partial charge on any atom is -0.456 e. The Balaban J connectivity index is 1.15. The lowest BCUT2D eigenvalue weighted by atomic mass is 9.99. The van der Waals surface area contributed by atoms with E-state index >= 15 is 0 Å². The number of furan rings is 2. The summed E-state index contributed by atoms with van der Waals surface area (Å²) in [5, 5.41) is 4.31. The van der Waals surface area contributed by atoms with Gasteiger partial charge in [0, 0.05) is 38.9 Å². The molecule has 4 nitrogen and oxygen atoms in total. The van der Waals surface area contributed by atoms with Crippen LogP contribution in [0.1, 0.15) is 0 Å². The first-order valence-corrected chi connectivity index (χ1v) is 13.7. The lowest BCUT2D eigenvalue weighted by Gasteiger charge is -2.07. The highest BCUT2D eigenvalue weighted by Gasteiger charge is 2.17. The smallest absolute Gasteiger partial charge is 0.137 e. The fourth-order valence-corrected chi connectivity index (χ4v) is 6.06.